The first-order valence-electron chi connectivity index (χ1n) is 3.51. The van der Waals surface area contributed by atoms with Crippen LogP contribution in [0.15, 0.2) is 0 Å². The molecule has 0 aliphatic carbocycles. The molecule has 2 heteroatoms. The smallest absolute Gasteiger partial charge is 0.479 e. The summed E-state index contributed by atoms with van der Waals surface area (Å²) in [6.07, 6.45) is 1.20. The monoisotopic (exact) mass is 309 g/mol. The Labute approximate surface area is 78.4 Å². The third kappa shape index (κ3) is 1.45. The van der Waals surface area contributed by atoms with Crippen LogP contribution in [0.1, 0.15) is 20.3 Å². The van der Waals surface area contributed by atoms with Gasteiger partial charge in [0, 0.05) is 0 Å². The summed E-state index contributed by atoms with van der Waals surface area (Å²) in [6, 6.07) is 0. The van der Waals surface area contributed by atoms with Crippen molar-refractivity contribution < 1.29 is 21.1 Å². The summed E-state index contributed by atoms with van der Waals surface area (Å²) < 4.78 is 0. The zero-order valence-corrected chi connectivity index (χ0v) is 9.69. The van der Waals surface area contributed by atoms with E-state index >= 15 is 0 Å². The van der Waals surface area contributed by atoms with Crippen LogP contribution in [-0.2, 0) is 21.1 Å². The molecule has 1 fully saturated rings. The minimum atomic E-state index is 0. The SMILES string of the molecule is [CH2-]N1CCC1([CH2-])C(C)C.[W+2]. The third-order valence-corrected chi connectivity index (χ3v) is 2.52. The van der Waals surface area contributed by atoms with E-state index in [4.69, 9.17) is 0 Å². The molecule has 58 valence electrons. The van der Waals surface area contributed by atoms with Crippen molar-refractivity contribution in [1.29, 1.82) is 0 Å². The van der Waals surface area contributed by atoms with Crippen molar-refractivity contribution in [3.05, 3.63) is 14.0 Å². The zero-order chi connectivity index (χ0) is 7.07. The minimum absolute atomic E-state index is 0. The molecule has 0 aromatic rings. The number of hydrogen-bond donors (Lipinski definition) is 0. The number of rotatable bonds is 1. The molecular formula is C8H15NW. The molecule has 1 unspecified atom stereocenters. The van der Waals surface area contributed by atoms with Crippen molar-refractivity contribution in [1.82, 2.24) is 4.90 Å². The average Bonchev–Trinajstić information content (AvgIpc) is 1.82. The number of likely N-dealkylation sites (tertiary alicyclic amines) is 1. The normalized spacial score (nSPS) is 33.3. The quantitative estimate of drug-likeness (QED) is 0.667. The van der Waals surface area contributed by atoms with Crippen LogP contribution in [0.5, 0.6) is 0 Å². The maximum Gasteiger partial charge on any atom is 2.00 e. The van der Waals surface area contributed by atoms with Gasteiger partial charge in [0.1, 0.15) is 0 Å². The van der Waals surface area contributed by atoms with Gasteiger partial charge in [0.15, 0.2) is 0 Å². The van der Waals surface area contributed by atoms with E-state index in [2.05, 4.69) is 32.7 Å². The Kier molecular flexibility index (Phi) is 3.58. The Hall–Kier alpha value is 0.648. The van der Waals surface area contributed by atoms with Crippen LogP contribution in [-0.4, -0.2) is 17.0 Å². The van der Waals surface area contributed by atoms with Crippen molar-refractivity contribution in [2.24, 2.45) is 5.92 Å². The van der Waals surface area contributed by atoms with Crippen molar-refractivity contribution in [2.45, 2.75) is 25.8 Å². The molecule has 0 aromatic carbocycles. The van der Waals surface area contributed by atoms with E-state index in [-0.39, 0.29) is 26.6 Å². The largest absolute Gasteiger partial charge is 2.00 e. The summed E-state index contributed by atoms with van der Waals surface area (Å²) in [5.41, 5.74) is 0.153. The molecule has 0 N–H and O–H groups in total. The van der Waals surface area contributed by atoms with E-state index < -0.39 is 0 Å². The first-order valence-corrected chi connectivity index (χ1v) is 3.51. The van der Waals surface area contributed by atoms with Crippen molar-refractivity contribution in [3.8, 4) is 0 Å². The van der Waals surface area contributed by atoms with E-state index in [0.717, 1.165) is 6.54 Å². The van der Waals surface area contributed by atoms with Gasteiger partial charge < -0.3 is 11.8 Å². The van der Waals surface area contributed by atoms with Crippen LogP contribution in [0, 0.1) is 19.9 Å². The summed E-state index contributed by atoms with van der Waals surface area (Å²) in [4.78, 5) is 2.08. The second-order valence-corrected chi connectivity index (χ2v) is 3.27. The Bertz CT molecular complexity index is 107. The van der Waals surface area contributed by atoms with E-state index in [0.29, 0.717) is 5.92 Å². The summed E-state index contributed by atoms with van der Waals surface area (Å²) >= 11 is 0. The molecule has 1 aliphatic heterocycles. The van der Waals surface area contributed by atoms with E-state index in [1.807, 2.05) is 0 Å². The Morgan fingerprint density at radius 2 is 2.00 bits per heavy atom. The summed E-state index contributed by atoms with van der Waals surface area (Å²) in [7, 11) is 3.89. The Balaban J connectivity index is 0.000000810. The molecule has 0 saturated carbocycles. The zero-order valence-electron chi connectivity index (χ0n) is 6.76. The Morgan fingerprint density at radius 1 is 1.50 bits per heavy atom. The maximum atomic E-state index is 4.12. The van der Waals surface area contributed by atoms with Gasteiger partial charge in [-0.25, -0.2) is 0 Å². The molecule has 0 radical (unpaired) electrons. The maximum absolute atomic E-state index is 4.12. The Morgan fingerprint density at radius 3 is 2.00 bits per heavy atom. The molecule has 1 rings (SSSR count). The fraction of sp³-hybridized carbons (Fsp3) is 0.750. The van der Waals surface area contributed by atoms with Gasteiger partial charge in [-0.15, -0.1) is 5.54 Å². The molecule has 1 nitrogen and oxygen atoms in total. The molecule has 1 saturated heterocycles. The van der Waals surface area contributed by atoms with Gasteiger partial charge in [-0.3, -0.25) is 7.05 Å². The van der Waals surface area contributed by atoms with E-state index in [1.54, 1.807) is 0 Å². The van der Waals surface area contributed by atoms with Crippen molar-refractivity contribution >= 4 is 0 Å². The molecular weight excluding hydrogens is 294 g/mol. The first-order chi connectivity index (χ1) is 4.07. The second-order valence-electron chi connectivity index (χ2n) is 3.27. The average molecular weight is 309 g/mol. The summed E-state index contributed by atoms with van der Waals surface area (Å²) in [6.45, 7) is 9.63. The minimum Gasteiger partial charge on any atom is -0.479 e. The molecule has 1 atom stereocenters. The molecule has 0 bridgehead atoms. The first kappa shape index (κ1) is 10.6. The van der Waals surface area contributed by atoms with Gasteiger partial charge in [0.05, 0.1) is 0 Å². The van der Waals surface area contributed by atoms with Gasteiger partial charge in [0.25, 0.3) is 0 Å². The van der Waals surface area contributed by atoms with Crippen LogP contribution in [0.3, 0.4) is 0 Å². The predicted octanol–water partition coefficient (Wildman–Crippen LogP) is 1.71. The molecule has 0 aromatic heterocycles. The van der Waals surface area contributed by atoms with Crippen LogP contribution in [0.4, 0.5) is 0 Å². The second kappa shape index (κ2) is 3.36. The van der Waals surface area contributed by atoms with Crippen LogP contribution >= 0.6 is 0 Å². The van der Waals surface area contributed by atoms with Gasteiger partial charge in [-0.2, -0.15) is 0 Å². The van der Waals surface area contributed by atoms with Crippen LogP contribution < -0.4 is 0 Å². The third-order valence-electron chi connectivity index (χ3n) is 2.52. The topological polar surface area (TPSA) is 3.24 Å². The van der Waals surface area contributed by atoms with Crippen molar-refractivity contribution in [3.63, 3.8) is 0 Å². The fourth-order valence-electron chi connectivity index (χ4n) is 1.21. The summed E-state index contributed by atoms with van der Waals surface area (Å²) in [5, 5.41) is 0. The van der Waals surface area contributed by atoms with Crippen molar-refractivity contribution in [2.75, 3.05) is 6.54 Å². The number of nitrogens with zero attached hydrogens (tertiary/aromatic N) is 1. The summed E-state index contributed by atoms with van der Waals surface area (Å²) in [5.74, 6) is 0.628. The standard InChI is InChI=1S/C8H15N.W/c1-7(2)8(3)5-6-9(8)4;/h7H,3-6H2,1-2H3;/q-2;+2. The van der Waals surface area contributed by atoms with Gasteiger partial charge in [-0.05, 0) is 6.54 Å². The molecule has 1 heterocycles. The fourth-order valence-corrected chi connectivity index (χ4v) is 1.21. The van der Waals surface area contributed by atoms with Crippen LogP contribution in [0.25, 0.3) is 0 Å². The van der Waals surface area contributed by atoms with E-state index in [9.17, 15) is 0 Å². The van der Waals surface area contributed by atoms with Gasteiger partial charge >= 0.3 is 21.1 Å². The molecule has 0 spiro atoms. The van der Waals surface area contributed by atoms with Gasteiger partial charge in [-0.1, -0.05) is 26.2 Å². The van der Waals surface area contributed by atoms with Crippen LogP contribution in [0.2, 0.25) is 0 Å². The number of hydrogen-bond acceptors (Lipinski definition) is 1. The molecule has 0 amide bonds. The molecule has 1 aliphatic rings. The molecule has 10 heavy (non-hydrogen) atoms. The van der Waals surface area contributed by atoms with E-state index in [1.165, 1.54) is 6.42 Å². The predicted molar refractivity (Wildman–Crippen MR) is 39.6 cm³/mol. The van der Waals surface area contributed by atoms with Gasteiger partial charge in [0.2, 0.25) is 0 Å².